The molecule has 0 saturated carbocycles. The van der Waals surface area contributed by atoms with Crippen molar-refractivity contribution >= 4 is 5.91 Å². The molecule has 0 saturated heterocycles. The van der Waals surface area contributed by atoms with Crippen LogP contribution in [0.2, 0.25) is 0 Å². The maximum Gasteiger partial charge on any atom is 0.219 e. The first kappa shape index (κ1) is 11.7. The van der Waals surface area contributed by atoms with Gasteiger partial charge in [0.25, 0.3) is 0 Å². The third-order valence-electron chi connectivity index (χ3n) is 2.32. The molecule has 1 aromatic carbocycles. The summed E-state index contributed by atoms with van der Waals surface area (Å²) < 4.78 is 0. The van der Waals surface area contributed by atoms with Gasteiger partial charge in [-0.05, 0) is 18.1 Å². The van der Waals surface area contributed by atoms with Crippen molar-refractivity contribution < 1.29 is 4.79 Å². The van der Waals surface area contributed by atoms with Crippen molar-refractivity contribution in [1.29, 1.82) is 0 Å². The highest BCUT2D eigenvalue weighted by atomic mass is 16.1. The Kier molecular flexibility index (Phi) is 4.31. The molecule has 1 unspecified atom stereocenters. The fourth-order valence-corrected chi connectivity index (χ4v) is 1.26. The predicted molar refractivity (Wildman–Crippen MR) is 61.2 cm³/mol. The minimum atomic E-state index is 0.0595. The van der Waals surface area contributed by atoms with Crippen molar-refractivity contribution in [3.63, 3.8) is 0 Å². The highest BCUT2D eigenvalue weighted by molar-refractivity contribution is 5.75. The summed E-state index contributed by atoms with van der Waals surface area (Å²) in [6.07, 6.45) is 0.526. The summed E-state index contributed by atoms with van der Waals surface area (Å²) in [5, 5.41) is 2.83. The summed E-state index contributed by atoms with van der Waals surface area (Å²) >= 11 is 0. The lowest BCUT2D eigenvalue weighted by molar-refractivity contribution is -0.120. The summed E-state index contributed by atoms with van der Waals surface area (Å²) in [6.45, 7) is 4.38. The van der Waals surface area contributed by atoms with E-state index in [4.69, 9.17) is 5.73 Å². The quantitative estimate of drug-likeness (QED) is 0.788. The molecule has 0 aliphatic heterocycles. The SMILES string of the molecule is CCC(=O)NCc1ccc(C(C)N)cc1. The summed E-state index contributed by atoms with van der Waals surface area (Å²) in [5.74, 6) is 0.0752. The molecule has 1 rings (SSSR count). The average molecular weight is 206 g/mol. The summed E-state index contributed by atoms with van der Waals surface area (Å²) in [5.41, 5.74) is 7.95. The number of hydrogen-bond donors (Lipinski definition) is 2. The second-order valence-electron chi connectivity index (χ2n) is 3.66. The van der Waals surface area contributed by atoms with E-state index in [0.29, 0.717) is 13.0 Å². The smallest absolute Gasteiger partial charge is 0.219 e. The number of carbonyl (C=O) groups excluding carboxylic acids is 1. The molecule has 1 atom stereocenters. The molecule has 3 N–H and O–H groups in total. The molecule has 0 aromatic heterocycles. The molecule has 0 radical (unpaired) electrons. The zero-order chi connectivity index (χ0) is 11.3. The van der Waals surface area contributed by atoms with Gasteiger partial charge in [0.05, 0.1) is 0 Å². The van der Waals surface area contributed by atoms with Crippen molar-refractivity contribution in [3.05, 3.63) is 35.4 Å². The third-order valence-corrected chi connectivity index (χ3v) is 2.32. The van der Waals surface area contributed by atoms with E-state index in [1.807, 2.05) is 38.1 Å². The van der Waals surface area contributed by atoms with Crippen LogP contribution in [0.1, 0.15) is 37.4 Å². The fourth-order valence-electron chi connectivity index (χ4n) is 1.26. The summed E-state index contributed by atoms with van der Waals surface area (Å²) in [7, 11) is 0. The number of nitrogens with one attached hydrogen (secondary N) is 1. The molecule has 3 nitrogen and oxygen atoms in total. The van der Waals surface area contributed by atoms with E-state index >= 15 is 0 Å². The van der Waals surface area contributed by atoms with Gasteiger partial charge in [0.15, 0.2) is 0 Å². The van der Waals surface area contributed by atoms with Crippen LogP contribution in [0.3, 0.4) is 0 Å². The zero-order valence-corrected chi connectivity index (χ0v) is 9.29. The van der Waals surface area contributed by atoms with E-state index in [0.717, 1.165) is 11.1 Å². The standard InChI is InChI=1S/C12H18N2O/c1-3-12(15)14-8-10-4-6-11(7-5-10)9(2)13/h4-7,9H,3,8,13H2,1-2H3,(H,14,15). The van der Waals surface area contributed by atoms with E-state index in [-0.39, 0.29) is 11.9 Å². The van der Waals surface area contributed by atoms with Crippen LogP contribution in [-0.2, 0) is 11.3 Å². The van der Waals surface area contributed by atoms with E-state index in [9.17, 15) is 4.79 Å². The molecule has 0 heterocycles. The van der Waals surface area contributed by atoms with E-state index < -0.39 is 0 Å². The maximum absolute atomic E-state index is 11.0. The number of benzene rings is 1. The third kappa shape index (κ3) is 3.72. The Labute approximate surface area is 90.7 Å². The lowest BCUT2D eigenvalue weighted by Crippen LogP contribution is -2.21. The zero-order valence-electron chi connectivity index (χ0n) is 9.29. The van der Waals surface area contributed by atoms with Gasteiger partial charge in [-0.2, -0.15) is 0 Å². The largest absolute Gasteiger partial charge is 0.352 e. The summed E-state index contributed by atoms with van der Waals surface area (Å²) in [4.78, 5) is 11.0. The second kappa shape index (κ2) is 5.51. The van der Waals surface area contributed by atoms with Crippen LogP contribution in [0.4, 0.5) is 0 Å². The lowest BCUT2D eigenvalue weighted by Gasteiger charge is -2.07. The number of amides is 1. The van der Waals surface area contributed by atoms with Gasteiger partial charge in [0.2, 0.25) is 5.91 Å². The van der Waals surface area contributed by atoms with E-state index in [2.05, 4.69) is 5.32 Å². The monoisotopic (exact) mass is 206 g/mol. The van der Waals surface area contributed by atoms with Crippen molar-refractivity contribution in [1.82, 2.24) is 5.32 Å². The van der Waals surface area contributed by atoms with Gasteiger partial charge in [-0.1, -0.05) is 31.2 Å². The van der Waals surface area contributed by atoms with Crippen LogP contribution < -0.4 is 11.1 Å². The van der Waals surface area contributed by atoms with E-state index in [1.165, 1.54) is 0 Å². The molecule has 82 valence electrons. The number of rotatable bonds is 4. The highest BCUT2D eigenvalue weighted by Crippen LogP contribution is 2.10. The Morgan fingerprint density at radius 1 is 1.40 bits per heavy atom. The van der Waals surface area contributed by atoms with Crippen LogP contribution in [0.25, 0.3) is 0 Å². The van der Waals surface area contributed by atoms with Gasteiger partial charge < -0.3 is 11.1 Å². The Morgan fingerprint density at radius 2 is 2.00 bits per heavy atom. The topological polar surface area (TPSA) is 55.1 Å². The number of hydrogen-bond acceptors (Lipinski definition) is 2. The normalized spacial score (nSPS) is 12.2. The molecule has 0 aliphatic carbocycles. The molecule has 0 bridgehead atoms. The van der Waals surface area contributed by atoms with Crippen molar-refractivity contribution in [2.45, 2.75) is 32.9 Å². The van der Waals surface area contributed by atoms with Gasteiger partial charge in [-0.25, -0.2) is 0 Å². The average Bonchev–Trinajstić information content (AvgIpc) is 2.26. The molecule has 15 heavy (non-hydrogen) atoms. The number of carbonyl (C=O) groups is 1. The van der Waals surface area contributed by atoms with Crippen molar-refractivity contribution in [2.75, 3.05) is 0 Å². The molecular formula is C12H18N2O. The molecular weight excluding hydrogens is 188 g/mol. The first-order valence-electron chi connectivity index (χ1n) is 5.24. The number of nitrogens with two attached hydrogens (primary N) is 1. The Balaban J connectivity index is 2.53. The maximum atomic E-state index is 11.0. The van der Waals surface area contributed by atoms with Gasteiger partial charge in [-0.15, -0.1) is 0 Å². The molecule has 0 aliphatic rings. The minimum Gasteiger partial charge on any atom is -0.352 e. The lowest BCUT2D eigenvalue weighted by atomic mass is 10.1. The van der Waals surface area contributed by atoms with E-state index in [1.54, 1.807) is 0 Å². The van der Waals surface area contributed by atoms with Crippen LogP contribution in [0, 0.1) is 0 Å². The highest BCUT2D eigenvalue weighted by Gasteiger charge is 2.00. The Bertz CT molecular complexity index is 317. The van der Waals surface area contributed by atoms with Crippen LogP contribution >= 0.6 is 0 Å². The molecule has 1 aromatic rings. The predicted octanol–water partition coefficient (Wildman–Crippen LogP) is 1.73. The summed E-state index contributed by atoms with van der Waals surface area (Å²) in [6, 6.07) is 8.05. The van der Waals surface area contributed by atoms with Crippen LogP contribution in [-0.4, -0.2) is 5.91 Å². The first-order valence-corrected chi connectivity index (χ1v) is 5.24. The molecule has 1 amide bonds. The van der Waals surface area contributed by atoms with Gasteiger partial charge in [-0.3, -0.25) is 4.79 Å². The van der Waals surface area contributed by atoms with Gasteiger partial charge >= 0.3 is 0 Å². The second-order valence-corrected chi connectivity index (χ2v) is 3.66. The van der Waals surface area contributed by atoms with Gasteiger partial charge in [0.1, 0.15) is 0 Å². The van der Waals surface area contributed by atoms with Gasteiger partial charge in [0, 0.05) is 19.0 Å². The molecule has 0 spiro atoms. The fraction of sp³-hybridized carbons (Fsp3) is 0.417. The first-order chi connectivity index (χ1) is 7.13. The van der Waals surface area contributed by atoms with Crippen LogP contribution in [0.15, 0.2) is 24.3 Å². The minimum absolute atomic E-state index is 0.0595. The molecule has 3 heteroatoms. The van der Waals surface area contributed by atoms with Crippen molar-refractivity contribution in [3.8, 4) is 0 Å². The van der Waals surface area contributed by atoms with Crippen LogP contribution in [0.5, 0.6) is 0 Å². The Hall–Kier alpha value is -1.35. The molecule has 0 fully saturated rings. The Morgan fingerprint density at radius 3 is 2.47 bits per heavy atom. The van der Waals surface area contributed by atoms with Crippen molar-refractivity contribution in [2.24, 2.45) is 5.73 Å².